The third-order valence-corrected chi connectivity index (χ3v) is 2.89. The molecule has 0 aromatic carbocycles. The van der Waals surface area contributed by atoms with Crippen LogP contribution in [0.1, 0.15) is 46.5 Å². The molecule has 0 aromatic rings. The molecule has 1 saturated heterocycles. The number of rotatable bonds is 3. The second kappa shape index (κ2) is 6.24. The summed E-state index contributed by atoms with van der Waals surface area (Å²) in [5.41, 5.74) is 0.249. The minimum atomic E-state index is 0.249. The molecule has 1 aliphatic rings. The molecule has 1 N–H and O–H groups in total. The lowest BCUT2D eigenvalue weighted by Gasteiger charge is -2.23. The topological polar surface area (TPSA) is 32.3 Å². The zero-order valence-electron chi connectivity index (χ0n) is 11.0. The summed E-state index contributed by atoms with van der Waals surface area (Å²) in [5, 5.41) is 3.25. The summed E-state index contributed by atoms with van der Waals surface area (Å²) in [5.74, 6) is 0.270. The van der Waals surface area contributed by atoms with Crippen LogP contribution in [0.2, 0.25) is 0 Å². The molecule has 0 aromatic heterocycles. The van der Waals surface area contributed by atoms with Crippen LogP contribution in [0, 0.1) is 5.41 Å². The van der Waals surface area contributed by atoms with E-state index in [1.165, 1.54) is 25.7 Å². The van der Waals surface area contributed by atoms with Gasteiger partial charge in [-0.3, -0.25) is 4.79 Å². The number of carbonyl (C=O) groups excluding carboxylic acids is 1. The van der Waals surface area contributed by atoms with E-state index in [4.69, 9.17) is 0 Å². The van der Waals surface area contributed by atoms with E-state index in [0.29, 0.717) is 6.54 Å². The first-order valence-corrected chi connectivity index (χ1v) is 6.47. The van der Waals surface area contributed by atoms with Crippen molar-refractivity contribution in [1.82, 2.24) is 10.2 Å². The van der Waals surface area contributed by atoms with Gasteiger partial charge in [-0.05, 0) is 18.3 Å². The Hall–Kier alpha value is -0.570. The zero-order valence-corrected chi connectivity index (χ0v) is 11.0. The molecule has 0 atom stereocenters. The number of hydrogen-bond donors (Lipinski definition) is 1. The first kappa shape index (κ1) is 13.5. The summed E-state index contributed by atoms with van der Waals surface area (Å²) >= 11 is 0. The summed E-state index contributed by atoms with van der Waals surface area (Å²) in [6.07, 6.45) is 4.90. The van der Waals surface area contributed by atoms with E-state index in [-0.39, 0.29) is 11.3 Å². The third-order valence-electron chi connectivity index (χ3n) is 2.89. The van der Waals surface area contributed by atoms with Crippen LogP contribution < -0.4 is 5.32 Å². The molecule has 0 aliphatic carbocycles. The average Bonchev–Trinajstić information content (AvgIpc) is 2.43. The van der Waals surface area contributed by atoms with Gasteiger partial charge in [0.05, 0.1) is 6.54 Å². The molecule has 3 heteroatoms. The fourth-order valence-electron chi connectivity index (χ4n) is 1.98. The largest absolute Gasteiger partial charge is 0.342 e. The van der Waals surface area contributed by atoms with Gasteiger partial charge >= 0.3 is 0 Å². The molecule has 0 radical (unpaired) electrons. The molecule has 0 spiro atoms. The summed E-state index contributed by atoms with van der Waals surface area (Å²) in [6.45, 7) is 9.83. The van der Waals surface area contributed by atoms with Gasteiger partial charge in [-0.2, -0.15) is 0 Å². The first-order valence-electron chi connectivity index (χ1n) is 6.47. The Labute approximate surface area is 99.6 Å². The summed E-state index contributed by atoms with van der Waals surface area (Å²) in [4.78, 5) is 13.9. The van der Waals surface area contributed by atoms with Crippen molar-refractivity contribution in [1.29, 1.82) is 0 Å². The number of hydrogen-bond acceptors (Lipinski definition) is 2. The molecule has 3 nitrogen and oxygen atoms in total. The summed E-state index contributed by atoms with van der Waals surface area (Å²) in [7, 11) is 0. The second-order valence-corrected chi connectivity index (χ2v) is 5.96. The van der Waals surface area contributed by atoms with E-state index in [1.54, 1.807) is 0 Å². The van der Waals surface area contributed by atoms with Gasteiger partial charge in [-0.1, -0.05) is 33.6 Å². The van der Waals surface area contributed by atoms with Crippen molar-refractivity contribution in [3.8, 4) is 0 Å². The molecule has 94 valence electrons. The molecule has 16 heavy (non-hydrogen) atoms. The molecule has 1 fully saturated rings. The molecule has 0 bridgehead atoms. The maximum Gasteiger partial charge on any atom is 0.236 e. The van der Waals surface area contributed by atoms with Gasteiger partial charge in [0, 0.05) is 19.6 Å². The van der Waals surface area contributed by atoms with Crippen molar-refractivity contribution in [2.45, 2.75) is 46.5 Å². The SMILES string of the molecule is CC(C)(C)CNCC(=O)N1CCCCCC1. The van der Waals surface area contributed by atoms with Crippen LogP contribution in [0.25, 0.3) is 0 Å². The Morgan fingerprint density at radius 3 is 2.19 bits per heavy atom. The molecule has 1 amide bonds. The summed E-state index contributed by atoms with van der Waals surface area (Å²) < 4.78 is 0. The lowest BCUT2D eigenvalue weighted by Crippen LogP contribution is -2.40. The number of nitrogens with one attached hydrogen (secondary N) is 1. The minimum absolute atomic E-state index is 0.249. The fraction of sp³-hybridized carbons (Fsp3) is 0.923. The number of likely N-dealkylation sites (tertiary alicyclic amines) is 1. The van der Waals surface area contributed by atoms with Gasteiger partial charge in [-0.15, -0.1) is 0 Å². The van der Waals surface area contributed by atoms with Crippen molar-refractivity contribution in [2.24, 2.45) is 5.41 Å². The van der Waals surface area contributed by atoms with Gasteiger partial charge in [0.1, 0.15) is 0 Å². The molecular formula is C13H26N2O. The smallest absolute Gasteiger partial charge is 0.236 e. The van der Waals surface area contributed by atoms with E-state index in [1.807, 2.05) is 4.90 Å². The Morgan fingerprint density at radius 1 is 1.12 bits per heavy atom. The van der Waals surface area contributed by atoms with E-state index < -0.39 is 0 Å². The zero-order chi connectivity index (χ0) is 12.0. The van der Waals surface area contributed by atoms with E-state index in [2.05, 4.69) is 26.1 Å². The lowest BCUT2D eigenvalue weighted by atomic mass is 9.97. The van der Waals surface area contributed by atoms with Crippen molar-refractivity contribution in [3.05, 3.63) is 0 Å². The van der Waals surface area contributed by atoms with Crippen LogP contribution in [-0.2, 0) is 4.79 Å². The number of amides is 1. The third kappa shape index (κ3) is 5.50. The lowest BCUT2D eigenvalue weighted by molar-refractivity contribution is -0.130. The highest BCUT2D eigenvalue weighted by Crippen LogP contribution is 2.11. The highest BCUT2D eigenvalue weighted by molar-refractivity contribution is 5.78. The Kier molecular flexibility index (Phi) is 5.26. The molecule has 1 heterocycles. The van der Waals surface area contributed by atoms with Gasteiger partial charge < -0.3 is 10.2 Å². The maximum atomic E-state index is 11.9. The number of carbonyl (C=O) groups is 1. The molecule has 0 unspecified atom stereocenters. The predicted molar refractivity (Wildman–Crippen MR) is 67.4 cm³/mol. The Bertz CT molecular complexity index is 212. The average molecular weight is 226 g/mol. The molecular weight excluding hydrogens is 200 g/mol. The first-order chi connectivity index (χ1) is 7.49. The van der Waals surface area contributed by atoms with Crippen molar-refractivity contribution < 1.29 is 4.79 Å². The molecule has 0 saturated carbocycles. The quantitative estimate of drug-likeness (QED) is 0.798. The van der Waals surface area contributed by atoms with Crippen LogP contribution in [0.5, 0.6) is 0 Å². The van der Waals surface area contributed by atoms with Crippen LogP contribution >= 0.6 is 0 Å². The van der Waals surface area contributed by atoms with Crippen LogP contribution in [0.15, 0.2) is 0 Å². The molecule has 1 aliphatic heterocycles. The summed E-state index contributed by atoms with van der Waals surface area (Å²) in [6, 6.07) is 0. The normalized spacial score (nSPS) is 18.3. The van der Waals surface area contributed by atoms with E-state index in [0.717, 1.165) is 19.6 Å². The second-order valence-electron chi connectivity index (χ2n) is 5.96. The highest BCUT2D eigenvalue weighted by atomic mass is 16.2. The number of nitrogens with zero attached hydrogens (tertiary/aromatic N) is 1. The van der Waals surface area contributed by atoms with Gasteiger partial charge in [-0.25, -0.2) is 0 Å². The fourth-order valence-corrected chi connectivity index (χ4v) is 1.98. The van der Waals surface area contributed by atoms with Crippen LogP contribution in [0.3, 0.4) is 0 Å². The van der Waals surface area contributed by atoms with Crippen molar-refractivity contribution >= 4 is 5.91 Å². The van der Waals surface area contributed by atoms with Crippen molar-refractivity contribution in [3.63, 3.8) is 0 Å². The Balaban J connectivity index is 2.23. The predicted octanol–water partition coefficient (Wildman–Crippen LogP) is 2.02. The van der Waals surface area contributed by atoms with Crippen LogP contribution in [-0.4, -0.2) is 37.0 Å². The molecule has 1 rings (SSSR count). The van der Waals surface area contributed by atoms with E-state index >= 15 is 0 Å². The highest BCUT2D eigenvalue weighted by Gasteiger charge is 2.16. The monoisotopic (exact) mass is 226 g/mol. The van der Waals surface area contributed by atoms with Crippen molar-refractivity contribution in [2.75, 3.05) is 26.2 Å². The Morgan fingerprint density at radius 2 is 1.69 bits per heavy atom. The standard InChI is InChI=1S/C13H26N2O/c1-13(2,3)11-14-10-12(16)15-8-6-4-5-7-9-15/h14H,4-11H2,1-3H3. The maximum absolute atomic E-state index is 11.9. The van der Waals surface area contributed by atoms with Crippen LogP contribution in [0.4, 0.5) is 0 Å². The van der Waals surface area contributed by atoms with Gasteiger partial charge in [0.2, 0.25) is 5.91 Å². The minimum Gasteiger partial charge on any atom is -0.342 e. The van der Waals surface area contributed by atoms with Gasteiger partial charge in [0.15, 0.2) is 0 Å². The van der Waals surface area contributed by atoms with Gasteiger partial charge in [0.25, 0.3) is 0 Å². The van der Waals surface area contributed by atoms with E-state index in [9.17, 15) is 4.79 Å².